The lowest BCUT2D eigenvalue weighted by Gasteiger charge is -2.32. The van der Waals surface area contributed by atoms with Crippen LogP contribution < -0.4 is 10.2 Å². The molecule has 19 heavy (non-hydrogen) atoms. The Labute approximate surface area is 115 Å². The number of hydrogen-bond acceptors (Lipinski definition) is 5. The van der Waals surface area contributed by atoms with E-state index < -0.39 is 0 Å². The molecule has 3 heterocycles. The normalized spacial score (nSPS) is 16.8. The highest BCUT2D eigenvalue weighted by Crippen LogP contribution is 2.29. The molecule has 0 atom stereocenters. The first-order valence-corrected chi connectivity index (χ1v) is 7.32. The minimum Gasteiger partial charge on any atom is -0.359 e. The Balaban J connectivity index is 1.78. The summed E-state index contributed by atoms with van der Waals surface area (Å²) in [6, 6.07) is 2.07. The van der Waals surface area contributed by atoms with Gasteiger partial charge in [-0.3, -0.25) is 4.79 Å². The van der Waals surface area contributed by atoms with Gasteiger partial charge >= 0.3 is 0 Å². The molecule has 1 fully saturated rings. The number of fused-ring (bicyclic) bond motifs is 1. The predicted octanol–water partition coefficient (Wildman–Crippen LogP) is 1.65. The monoisotopic (exact) mass is 276 g/mol. The van der Waals surface area contributed by atoms with Crippen molar-refractivity contribution < 1.29 is 4.79 Å². The van der Waals surface area contributed by atoms with Crippen LogP contribution in [-0.4, -0.2) is 36.0 Å². The van der Waals surface area contributed by atoms with E-state index in [2.05, 4.69) is 26.3 Å². The number of nitrogens with zero attached hydrogens (tertiary/aromatic N) is 3. The van der Waals surface area contributed by atoms with E-state index in [9.17, 15) is 4.79 Å². The van der Waals surface area contributed by atoms with Crippen LogP contribution in [-0.2, 0) is 4.79 Å². The molecule has 2 aromatic rings. The first-order valence-electron chi connectivity index (χ1n) is 6.44. The zero-order chi connectivity index (χ0) is 13.2. The minimum absolute atomic E-state index is 0.140. The fraction of sp³-hybridized carbons (Fsp3) is 0.462. The van der Waals surface area contributed by atoms with E-state index in [0.29, 0.717) is 0 Å². The van der Waals surface area contributed by atoms with Gasteiger partial charge in [-0.1, -0.05) is 0 Å². The molecular weight excluding hydrogens is 260 g/mol. The number of piperidine rings is 1. The second-order valence-corrected chi connectivity index (χ2v) is 5.61. The maximum Gasteiger partial charge on any atom is 0.222 e. The topological polar surface area (TPSA) is 58.1 Å². The number of nitrogens with one attached hydrogen (secondary N) is 1. The lowest BCUT2D eigenvalue weighted by molar-refractivity contribution is -0.125. The van der Waals surface area contributed by atoms with E-state index in [1.54, 1.807) is 24.7 Å². The quantitative estimate of drug-likeness (QED) is 0.906. The summed E-state index contributed by atoms with van der Waals surface area (Å²) < 4.78 is 0. The van der Waals surface area contributed by atoms with Crippen LogP contribution in [0.1, 0.15) is 12.8 Å². The van der Waals surface area contributed by atoms with Gasteiger partial charge in [0.2, 0.25) is 5.91 Å². The average Bonchev–Trinajstić information content (AvgIpc) is 2.95. The average molecular weight is 276 g/mol. The number of carbonyl (C=O) groups is 1. The van der Waals surface area contributed by atoms with Crippen molar-refractivity contribution >= 4 is 33.3 Å². The molecule has 0 saturated carbocycles. The molecule has 2 aromatic heterocycles. The molecule has 3 rings (SSSR count). The Bertz CT molecular complexity index is 589. The lowest BCUT2D eigenvalue weighted by Crippen LogP contribution is -2.40. The van der Waals surface area contributed by atoms with Gasteiger partial charge in [0, 0.05) is 26.1 Å². The smallest absolute Gasteiger partial charge is 0.222 e. The van der Waals surface area contributed by atoms with Gasteiger partial charge in [0.25, 0.3) is 0 Å². The Kier molecular flexibility index (Phi) is 3.33. The van der Waals surface area contributed by atoms with Crippen LogP contribution in [0.15, 0.2) is 17.8 Å². The van der Waals surface area contributed by atoms with E-state index in [1.165, 1.54) is 0 Å². The number of amides is 1. The summed E-state index contributed by atoms with van der Waals surface area (Å²) in [5.41, 5.74) is 0. The summed E-state index contributed by atoms with van der Waals surface area (Å²) in [6.07, 6.45) is 3.39. The Hall–Kier alpha value is -1.69. The minimum atomic E-state index is 0.140. The maximum absolute atomic E-state index is 11.6. The third-order valence-corrected chi connectivity index (χ3v) is 4.47. The van der Waals surface area contributed by atoms with Crippen LogP contribution in [0.25, 0.3) is 10.2 Å². The number of thiophene rings is 1. The standard InChI is InChI=1S/C13H16N4OS/c1-14-12(18)9-2-5-17(6-3-9)11-10-4-7-19-13(10)16-8-15-11/h4,7-9H,2-3,5-6H2,1H3,(H,14,18). The maximum atomic E-state index is 11.6. The van der Waals surface area contributed by atoms with E-state index in [-0.39, 0.29) is 11.8 Å². The second-order valence-electron chi connectivity index (χ2n) is 4.71. The third kappa shape index (κ3) is 2.28. The largest absolute Gasteiger partial charge is 0.359 e. The van der Waals surface area contributed by atoms with E-state index >= 15 is 0 Å². The predicted molar refractivity (Wildman–Crippen MR) is 76.4 cm³/mol. The van der Waals surface area contributed by atoms with Gasteiger partial charge in [0.1, 0.15) is 17.0 Å². The molecule has 0 unspecified atom stereocenters. The molecule has 6 heteroatoms. The summed E-state index contributed by atoms with van der Waals surface area (Å²) in [5, 5.41) is 5.89. The van der Waals surface area contributed by atoms with Crippen LogP contribution in [0.3, 0.4) is 0 Å². The van der Waals surface area contributed by atoms with Crippen molar-refractivity contribution in [2.45, 2.75) is 12.8 Å². The zero-order valence-corrected chi connectivity index (χ0v) is 11.6. The van der Waals surface area contributed by atoms with Crippen LogP contribution in [0.2, 0.25) is 0 Å². The SMILES string of the molecule is CNC(=O)C1CCN(c2ncnc3sccc23)CC1. The highest BCUT2D eigenvalue weighted by molar-refractivity contribution is 7.16. The second kappa shape index (κ2) is 5.13. The first-order chi connectivity index (χ1) is 9.29. The van der Waals surface area contributed by atoms with E-state index in [1.807, 2.05) is 5.38 Å². The van der Waals surface area contributed by atoms with E-state index in [4.69, 9.17) is 0 Å². The summed E-state index contributed by atoms with van der Waals surface area (Å²) in [6.45, 7) is 1.75. The van der Waals surface area contributed by atoms with Gasteiger partial charge in [-0.15, -0.1) is 11.3 Å². The molecule has 0 radical (unpaired) electrons. The van der Waals surface area contributed by atoms with E-state index in [0.717, 1.165) is 42.0 Å². The van der Waals surface area contributed by atoms with Crippen molar-refractivity contribution in [2.75, 3.05) is 25.0 Å². The molecule has 100 valence electrons. The van der Waals surface area contributed by atoms with Gasteiger partial charge < -0.3 is 10.2 Å². The lowest BCUT2D eigenvalue weighted by atomic mass is 9.96. The van der Waals surface area contributed by atoms with Gasteiger partial charge in [-0.2, -0.15) is 0 Å². The molecule has 0 bridgehead atoms. The van der Waals surface area contributed by atoms with Crippen LogP contribution >= 0.6 is 11.3 Å². The summed E-state index contributed by atoms with van der Waals surface area (Å²) in [4.78, 5) is 23.6. The zero-order valence-electron chi connectivity index (χ0n) is 10.8. The molecule has 1 N–H and O–H groups in total. The summed E-state index contributed by atoms with van der Waals surface area (Å²) in [7, 11) is 1.70. The van der Waals surface area contributed by atoms with Crippen molar-refractivity contribution in [1.82, 2.24) is 15.3 Å². The van der Waals surface area contributed by atoms with Gasteiger partial charge in [0.05, 0.1) is 5.39 Å². The van der Waals surface area contributed by atoms with Gasteiger partial charge in [0.15, 0.2) is 0 Å². The summed E-state index contributed by atoms with van der Waals surface area (Å²) in [5.74, 6) is 1.30. The number of anilines is 1. The molecular formula is C13H16N4OS. The molecule has 1 amide bonds. The Morgan fingerprint density at radius 2 is 2.21 bits per heavy atom. The Morgan fingerprint density at radius 1 is 1.42 bits per heavy atom. The fourth-order valence-electron chi connectivity index (χ4n) is 2.59. The van der Waals surface area contributed by atoms with Crippen LogP contribution in [0, 0.1) is 5.92 Å². The Morgan fingerprint density at radius 3 is 2.95 bits per heavy atom. The molecule has 0 aromatic carbocycles. The molecule has 0 aliphatic carbocycles. The van der Waals surface area contributed by atoms with Crippen molar-refractivity contribution in [1.29, 1.82) is 0 Å². The van der Waals surface area contributed by atoms with Crippen molar-refractivity contribution in [3.8, 4) is 0 Å². The van der Waals surface area contributed by atoms with Crippen molar-refractivity contribution in [3.05, 3.63) is 17.8 Å². The van der Waals surface area contributed by atoms with Crippen LogP contribution in [0.5, 0.6) is 0 Å². The van der Waals surface area contributed by atoms with Crippen molar-refractivity contribution in [3.63, 3.8) is 0 Å². The molecule has 1 saturated heterocycles. The van der Waals surface area contributed by atoms with Crippen LogP contribution in [0.4, 0.5) is 5.82 Å². The highest BCUT2D eigenvalue weighted by Gasteiger charge is 2.25. The number of aromatic nitrogens is 2. The van der Waals surface area contributed by atoms with Crippen molar-refractivity contribution in [2.24, 2.45) is 5.92 Å². The molecule has 1 aliphatic heterocycles. The number of carbonyl (C=O) groups excluding carboxylic acids is 1. The van der Waals surface area contributed by atoms with Gasteiger partial charge in [-0.25, -0.2) is 9.97 Å². The fourth-order valence-corrected chi connectivity index (χ4v) is 3.31. The first kappa shape index (κ1) is 12.3. The third-order valence-electron chi connectivity index (χ3n) is 3.65. The number of rotatable bonds is 2. The number of hydrogen-bond donors (Lipinski definition) is 1. The molecule has 0 spiro atoms. The summed E-state index contributed by atoms with van der Waals surface area (Å²) >= 11 is 1.63. The van der Waals surface area contributed by atoms with Gasteiger partial charge in [-0.05, 0) is 24.3 Å². The highest BCUT2D eigenvalue weighted by atomic mass is 32.1. The molecule has 1 aliphatic rings. The molecule has 5 nitrogen and oxygen atoms in total.